The molecule has 2 N–H and O–H groups in total. The zero-order valence-corrected chi connectivity index (χ0v) is 13.4. The maximum absolute atomic E-state index is 12.0. The number of pyridine rings is 1. The van der Waals surface area contributed by atoms with E-state index in [1.165, 1.54) is 0 Å². The smallest absolute Gasteiger partial charge is 0.252 e. The fourth-order valence-electron chi connectivity index (χ4n) is 2.17. The van der Waals surface area contributed by atoms with Crippen LogP contribution in [-0.4, -0.2) is 40.3 Å². The molecule has 2 aromatic heterocycles. The van der Waals surface area contributed by atoms with Gasteiger partial charge < -0.3 is 10.6 Å². The number of nitrogens with one attached hydrogen (secondary N) is 2. The molecule has 0 bridgehead atoms. The number of hydrogen-bond donors (Lipinski definition) is 2. The molecule has 22 heavy (non-hydrogen) atoms. The van der Waals surface area contributed by atoms with Crippen LogP contribution in [0.15, 0.2) is 24.4 Å². The number of rotatable bonds is 7. The van der Waals surface area contributed by atoms with Gasteiger partial charge in [0.25, 0.3) is 5.91 Å². The van der Waals surface area contributed by atoms with E-state index >= 15 is 0 Å². The predicted octanol–water partition coefficient (Wildman–Crippen LogP) is 1.61. The molecule has 2 heterocycles. The van der Waals surface area contributed by atoms with Crippen LogP contribution in [0.25, 0.3) is 5.82 Å². The van der Waals surface area contributed by atoms with Gasteiger partial charge in [0, 0.05) is 25.0 Å². The van der Waals surface area contributed by atoms with E-state index in [0.717, 1.165) is 30.9 Å². The zero-order valence-electron chi connectivity index (χ0n) is 13.4. The maximum atomic E-state index is 12.0. The lowest BCUT2D eigenvalue weighted by Gasteiger charge is -2.07. The van der Waals surface area contributed by atoms with E-state index in [4.69, 9.17) is 0 Å². The van der Waals surface area contributed by atoms with Crippen LogP contribution < -0.4 is 10.6 Å². The lowest BCUT2D eigenvalue weighted by Crippen LogP contribution is -2.32. The second-order valence-corrected chi connectivity index (χ2v) is 5.25. The summed E-state index contributed by atoms with van der Waals surface area (Å²) < 4.78 is 1.77. The molecule has 6 nitrogen and oxygen atoms in total. The third kappa shape index (κ3) is 4.14. The van der Waals surface area contributed by atoms with Crippen LogP contribution in [0.1, 0.15) is 35.1 Å². The van der Waals surface area contributed by atoms with Crippen molar-refractivity contribution in [3.05, 3.63) is 41.3 Å². The Labute approximate surface area is 130 Å². The molecule has 0 saturated carbocycles. The van der Waals surface area contributed by atoms with Crippen LogP contribution in [0.3, 0.4) is 0 Å². The number of carbonyl (C=O) groups excluding carboxylic acids is 1. The van der Waals surface area contributed by atoms with Crippen molar-refractivity contribution in [2.75, 3.05) is 19.6 Å². The SMILES string of the molecule is CCCNCCNC(=O)c1ccc(-n2nc(C)cc2C)nc1. The summed E-state index contributed by atoms with van der Waals surface area (Å²) in [5.41, 5.74) is 2.52. The van der Waals surface area contributed by atoms with Crippen molar-refractivity contribution in [2.24, 2.45) is 0 Å². The van der Waals surface area contributed by atoms with Crippen LogP contribution in [-0.2, 0) is 0 Å². The first kappa shape index (κ1) is 16.2. The molecule has 0 aliphatic carbocycles. The first-order chi connectivity index (χ1) is 10.6. The molecule has 0 aliphatic heterocycles. The summed E-state index contributed by atoms with van der Waals surface area (Å²) in [7, 11) is 0. The summed E-state index contributed by atoms with van der Waals surface area (Å²) in [6, 6.07) is 5.57. The molecule has 2 rings (SSSR count). The molecule has 2 aromatic rings. The molecule has 6 heteroatoms. The van der Waals surface area contributed by atoms with Crippen LogP contribution in [0.2, 0.25) is 0 Å². The van der Waals surface area contributed by atoms with Gasteiger partial charge in [-0.2, -0.15) is 5.10 Å². The number of aryl methyl sites for hydroxylation is 2. The Balaban J connectivity index is 1.94. The molecule has 0 aromatic carbocycles. The van der Waals surface area contributed by atoms with Crippen LogP contribution in [0.5, 0.6) is 0 Å². The quantitative estimate of drug-likeness (QED) is 0.762. The Morgan fingerprint density at radius 1 is 1.23 bits per heavy atom. The second-order valence-electron chi connectivity index (χ2n) is 5.25. The van der Waals surface area contributed by atoms with E-state index in [0.29, 0.717) is 17.9 Å². The predicted molar refractivity (Wildman–Crippen MR) is 86.3 cm³/mol. The van der Waals surface area contributed by atoms with Crippen molar-refractivity contribution in [1.82, 2.24) is 25.4 Å². The molecule has 0 spiro atoms. The largest absolute Gasteiger partial charge is 0.351 e. The maximum Gasteiger partial charge on any atom is 0.252 e. The molecule has 0 unspecified atom stereocenters. The Kier molecular flexibility index (Phi) is 5.66. The van der Waals surface area contributed by atoms with E-state index in [1.54, 1.807) is 16.9 Å². The standard InChI is InChI=1S/C16H23N5O/c1-4-7-17-8-9-18-16(22)14-5-6-15(19-11-14)21-13(3)10-12(2)20-21/h5-6,10-11,17H,4,7-9H2,1-3H3,(H,18,22). The van der Waals surface area contributed by atoms with Crippen LogP contribution >= 0.6 is 0 Å². The lowest BCUT2D eigenvalue weighted by molar-refractivity contribution is 0.0953. The van der Waals surface area contributed by atoms with Gasteiger partial charge in [0.15, 0.2) is 5.82 Å². The Hall–Kier alpha value is -2.21. The summed E-state index contributed by atoms with van der Waals surface area (Å²) in [5.74, 6) is 0.609. The fourth-order valence-corrected chi connectivity index (χ4v) is 2.17. The number of carbonyl (C=O) groups is 1. The summed E-state index contributed by atoms with van der Waals surface area (Å²) >= 11 is 0. The van der Waals surface area contributed by atoms with Crippen LogP contribution in [0, 0.1) is 13.8 Å². The third-order valence-corrected chi connectivity index (χ3v) is 3.25. The van der Waals surface area contributed by atoms with Gasteiger partial charge in [0.2, 0.25) is 0 Å². The van der Waals surface area contributed by atoms with Gasteiger partial charge in [-0.1, -0.05) is 6.92 Å². The van der Waals surface area contributed by atoms with E-state index in [-0.39, 0.29) is 5.91 Å². The average Bonchev–Trinajstić information content (AvgIpc) is 2.85. The normalized spacial score (nSPS) is 10.7. The minimum atomic E-state index is -0.106. The topological polar surface area (TPSA) is 71.8 Å². The van der Waals surface area contributed by atoms with Crippen molar-refractivity contribution < 1.29 is 4.79 Å². The number of nitrogens with zero attached hydrogens (tertiary/aromatic N) is 3. The van der Waals surface area contributed by atoms with Gasteiger partial charge >= 0.3 is 0 Å². The van der Waals surface area contributed by atoms with E-state index in [1.807, 2.05) is 26.0 Å². The minimum Gasteiger partial charge on any atom is -0.351 e. The summed E-state index contributed by atoms with van der Waals surface area (Å²) in [6.45, 7) is 8.38. The van der Waals surface area contributed by atoms with Gasteiger partial charge in [0.05, 0.1) is 11.3 Å². The van der Waals surface area contributed by atoms with Gasteiger partial charge in [-0.15, -0.1) is 0 Å². The Morgan fingerprint density at radius 2 is 2.05 bits per heavy atom. The van der Waals surface area contributed by atoms with Crippen molar-refractivity contribution >= 4 is 5.91 Å². The van der Waals surface area contributed by atoms with Crippen molar-refractivity contribution in [1.29, 1.82) is 0 Å². The molecular formula is C16H23N5O. The highest BCUT2D eigenvalue weighted by Crippen LogP contribution is 2.10. The van der Waals surface area contributed by atoms with Crippen molar-refractivity contribution in [2.45, 2.75) is 27.2 Å². The van der Waals surface area contributed by atoms with Gasteiger partial charge in [-0.3, -0.25) is 4.79 Å². The molecule has 118 valence electrons. The zero-order chi connectivity index (χ0) is 15.9. The molecule has 0 radical (unpaired) electrons. The number of aromatic nitrogens is 3. The van der Waals surface area contributed by atoms with Crippen molar-refractivity contribution in [3.8, 4) is 5.82 Å². The Bertz CT molecular complexity index is 618. The van der Waals surface area contributed by atoms with Gasteiger partial charge in [-0.25, -0.2) is 9.67 Å². The van der Waals surface area contributed by atoms with Gasteiger partial charge in [0.1, 0.15) is 0 Å². The monoisotopic (exact) mass is 301 g/mol. The fraction of sp³-hybridized carbons (Fsp3) is 0.438. The van der Waals surface area contributed by atoms with E-state index in [9.17, 15) is 4.79 Å². The lowest BCUT2D eigenvalue weighted by atomic mass is 10.2. The first-order valence-electron chi connectivity index (χ1n) is 7.60. The highest BCUT2D eigenvalue weighted by atomic mass is 16.1. The average molecular weight is 301 g/mol. The summed E-state index contributed by atoms with van der Waals surface area (Å²) in [5, 5.41) is 10.5. The molecule has 1 amide bonds. The van der Waals surface area contributed by atoms with Crippen LogP contribution in [0.4, 0.5) is 0 Å². The first-order valence-corrected chi connectivity index (χ1v) is 7.60. The minimum absolute atomic E-state index is 0.106. The highest BCUT2D eigenvalue weighted by molar-refractivity contribution is 5.93. The summed E-state index contributed by atoms with van der Waals surface area (Å²) in [4.78, 5) is 16.3. The van der Waals surface area contributed by atoms with Gasteiger partial charge in [-0.05, 0) is 45.0 Å². The Morgan fingerprint density at radius 3 is 2.64 bits per heavy atom. The summed E-state index contributed by atoms with van der Waals surface area (Å²) in [6.07, 6.45) is 2.67. The molecule has 0 aliphatic rings. The number of amides is 1. The molecular weight excluding hydrogens is 278 g/mol. The second kappa shape index (κ2) is 7.70. The molecule has 0 saturated heterocycles. The van der Waals surface area contributed by atoms with E-state index < -0.39 is 0 Å². The third-order valence-electron chi connectivity index (χ3n) is 3.25. The highest BCUT2D eigenvalue weighted by Gasteiger charge is 2.08. The molecule has 0 atom stereocenters. The molecule has 0 fully saturated rings. The van der Waals surface area contributed by atoms with Crippen molar-refractivity contribution in [3.63, 3.8) is 0 Å². The van der Waals surface area contributed by atoms with E-state index in [2.05, 4.69) is 27.6 Å². The number of hydrogen-bond acceptors (Lipinski definition) is 4.